The number of esters is 1. The van der Waals surface area contributed by atoms with E-state index in [4.69, 9.17) is 9.57 Å². The Bertz CT molecular complexity index is 537. The fourth-order valence-corrected chi connectivity index (χ4v) is 1.86. The van der Waals surface area contributed by atoms with Gasteiger partial charge < -0.3 is 14.9 Å². The van der Waals surface area contributed by atoms with Gasteiger partial charge in [0.15, 0.2) is 0 Å². The highest BCUT2D eigenvalue weighted by Crippen LogP contribution is 2.19. The van der Waals surface area contributed by atoms with Crippen LogP contribution in [-0.4, -0.2) is 30.3 Å². The molecule has 1 N–H and O–H groups in total. The van der Waals surface area contributed by atoms with Gasteiger partial charge in [-0.15, -0.1) is 0 Å². The molecule has 1 amide bonds. The molecule has 2 rings (SSSR count). The molecule has 0 saturated heterocycles. The van der Waals surface area contributed by atoms with Crippen molar-refractivity contribution >= 4 is 23.3 Å². The Morgan fingerprint density at radius 2 is 2.10 bits per heavy atom. The predicted molar refractivity (Wildman–Crippen MR) is 73.4 cm³/mol. The van der Waals surface area contributed by atoms with Crippen molar-refractivity contribution in [1.82, 2.24) is 0 Å². The van der Waals surface area contributed by atoms with Crippen LogP contribution >= 0.6 is 0 Å². The molecule has 1 aromatic carbocycles. The van der Waals surface area contributed by atoms with Crippen molar-refractivity contribution in [3.05, 3.63) is 29.8 Å². The van der Waals surface area contributed by atoms with Crippen LogP contribution in [0.5, 0.6) is 0 Å². The van der Waals surface area contributed by atoms with E-state index in [0.29, 0.717) is 24.4 Å². The SMILES string of the molecule is CCOC(=O)C1CC(c2ccc(NC(C)=O)cc2)=NO1. The monoisotopic (exact) mass is 276 g/mol. The summed E-state index contributed by atoms with van der Waals surface area (Å²) >= 11 is 0. The number of amides is 1. The van der Waals surface area contributed by atoms with Gasteiger partial charge in [-0.1, -0.05) is 17.3 Å². The maximum absolute atomic E-state index is 11.5. The number of rotatable bonds is 4. The van der Waals surface area contributed by atoms with E-state index in [0.717, 1.165) is 5.56 Å². The van der Waals surface area contributed by atoms with Gasteiger partial charge in [-0.2, -0.15) is 0 Å². The Labute approximate surface area is 116 Å². The third-order valence-electron chi connectivity index (χ3n) is 2.76. The molecule has 0 radical (unpaired) electrons. The van der Waals surface area contributed by atoms with Gasteiger partial charge in [0.25, 0.3) is 0 Å². The second-order valence-electron chi connectivity index (χ2n) is 4.35. The molecule has 6 nitrogen and oxygen atoms in total. The first-order valence-electron chi connectivity index (χ1n) is 6.37. The number of benzene rings is 1. The molecule has 1 atom stereocenters. The number of hydrogen-bond acceptors (Lipinski definition) is 5. The normalized spacial score (nSPS) is 17.1. The fraction of sp³-hybridized carbons (Fsp3) is 0.357. The number of oxime groups is 1. The molecule has 106 valence electrons. The molecule has 6 heteroatoms. The Hall–Kier alpha value is -2.37. The van der Waals surface area contributed by atoms with Crippen LogP contribution in [0.25, 0.3) is 0 Å². The van der Waals surface area contributed by atoms with Crippen LogP contribution in [0, 0.1) is 0 Å². The van der Waals surface area contributed by atoms with Gasteiger partial charge in [-0.25, -0.2) is 4.79 Å². The van der Waals surface area contributed by atoms with Gasteiger partial charge in [0.05, 0.1) is 12.3 Å². The van der Waals surface area contributed by atoms with E-state index >= 15 is 0 Å². The quantitative estimate of drug-likeness (QED) is 0.849. The van der Waals surface area contributed by atoms with Gasteiger partial charge in [0, 0.05) is 19.0 Å². The van der Waals surface area contributed by atoms with Gasteiger partial charge >= 0.3 is 5.97 Å². The molecule has 0 fully saturated rings. The van der Waals surface area contributed by atoms with Gasteiger partial charge in [0.1, 0.15) is 0 Å². The molecule has 0 bridgehead atoms. The van der Waals surface area contributed by atoms with Crippen LogP contribution in [-0.2, 0) is 19.2 Å². The number of nitrogens with one attached hydrogen (secondary N) is 1. The highest BCUT2D eigenvalue weighted by atomic mass is 16.7. The number of ether oxygens (including phenoxy) is 1. The first kappa shape index (κ1) is 14.0. The molecular formula is C14H16N2O4. The van der Waals surface area contributed by atoms with Crippen molar-refractivity contribution < 1.29 is 19.2 Å². The van der Waals surface area contributed by atoms with Crippen LogP contribution in [0.1, 0.15) is 25.8 Å². The number of carbonyl (C=O) groups is 2. The molecule has 0 spiro atoms. The molecule has 0 aromatic heterocycles. The van der Waals surface area contributed by atoms with Crippen molar-refractivity contribution in [2.75, 3.05) is 11.9 Å². The smallest absolute Gasteiger partial charge is 0.350 e. The third kappa shape index (κ3) is 3.34. The molecule has 20 heavy (non-hydrogen) atoms. The zero-order valence-electron chi connectivity index (χ0n) is 11.4. The molecule has 1 aliphatic heterocycles. The van der Waals surface area contributed by atoms with E-state index in [-0.39, 0.29) is 5.91 Å². The summed E-state index contributed by atoms with van der Waals surface area (Å²) in [7, 11) is 0. The molecule has 1 heterocycles. The van der Waals surface area contributed by atoms with E-state index in [1.807, 2.05) is 12.1 Å². The van der Waals surface area contributed by atoms with Crippen LogP contribution in [0.3, 0.4) is 0 Å². The number of hydrogen-bond donors (Lipinski definition) is 1. The summed E-state index contributed by atoms with van der Waals surface area (Å²) in [6, 6.07) is 7.19. The molecular weight excluding hydrogens is 260 g/mol. The lowest BCUT2D eigenvalue weighted by Gasteiger charge is -2.06. The lowest BCUT2D eigenvalue weighted by molar-refractivity contribution is -0.154. The highest BCUT2D eigenvalue weighted by Gasteiger charge is 2.29. The van der Waals surface area contributed by atoms with Crippen LogP contribution in [0.4, 0.5) is 5.69 Å². The Morgan fingerprint density at radius 3 is 2.70 bits per heavy atom. The Morgan fingerprint density at radius 1 is 1.40 bits per heavy atom. The summed E-state index contributed by atoms with van der Waals surface area (Å²) in [6.45, 7) is 3.52. The van der Waals surface area contributed by atoms with Crippen molar-refractivity contribution in [2.24, 2.45) is 5.16 Å². The Balaban J connectivity index is 1.99. The van der Waals surface area contributed by atoms with Crippen LogP contribution in [0.2, 0.25) is 0 Å². The molecule has 0 aliphatic carbocycles. The first-order valence-corrected chi connectivity index (χ1v) is 6.37. The van der Waals surface area contributed by atoms with E-state index in [1.54, 1.807) is 19.1 Å². The van der Waals surface area contributed by atoms with Crippen molar-refractivity contribution in [3.63, 3.8) is 0 Å². The average Bonchev–Trinajstić information content (AvgIpc) is 2.89. The summed E-state index contributed by atoms with van der Waals surface area (Å²) in [4.78, 5) is 27.5. The maximum Gasteiger partial charge on any atom is 0.350 e. The standard InChI is InChI=1S/C14H16N2O4/c1-3-19-14(18)13-8-12(16-20-13)10-4-6-11(7-5-10)15-9(2)17/h4-7,13H,3,8H2,1-2H3,(H,15,17). The number of anilines is 1. The lowest BCUT2D eigenvalue weighted by atomic mass is 10.0. The van der Waals surface area contributed by atoms with E-state index in [9.17, 15) is 9.59 Å². The zero-order chi connectivity index (χ0) is 14.5. The molecule has 0 saturated carbocycles. The van der Waals surface area contributed by atoms with E-state index < -0.39 is 12.1 Å². The Kier molecular flexibility index (Phi) is 4.34. The minimum atomic E-state index is -0.667. The van der Waals surface area contributed by atoms with Gasteiger partial charge in [0.2, 0.25) is 12.0 Å². The average molecular weight is 276 g/mol. The second-order valence-corrected chi connectivity index (χ2v) is 4.35. The summed E-state index contributed by atoms with van der Waals surface area (Å²) in [5.74, 6) is -0.525. The minimum Gasteiger partial charge on any atom is -0.463 e. The van der Waals surface area contributed by atoms with Gasteiger partial charge in [-0.3, -0.25) is 4.79 Å². The van der Waals surface area contributed by atoms with E-state index in [1.165, 1.54) is 6.92 Å². The molecule has 1 aliphatic rings. The fourth-order valence-electron chi connectivity index (χ4n) is 1.86. The summed E-state index contributed by atoms with van der Waals surface area (Å²) < 4.78 is 4.89. The second kappa shape index (κ2) is 6.18. The lowest BCUT2D eigenvalue weighted by Crippen LogP contribution is -2.23. The van der Waals surface area contributed by atoms with Crippen molar-refractivity contribution in [1.29, 1.82) is 0 Å². The summed E-state index contributed by atoms with van der Waals surface area (Å²) in [5.41, 5.74) is 2.26. The van der Waals surface area contributed by atoms with Crippen molar-refractivity contribution in [3.8, 4) is 0 Å². The predicted octanol–water partition coefficient (Wildman–Crippen LogP) is 1.70. The zero-order valence-corrected chi connectivity index (χ0v) is 11.4. The van der Waals surface area contributed by atoms with Crippen LogP contribution < -0.4 is 5.32 Å². The number of carbonyl (C=O) groups excluding carboxylic acids is 2. The highest BCUT2D eigenvalue weighted by molar-refractivity contribution is 6.04. The molecule has 1 aromatic rings. The van der Waals surface area contributed by atoms with Gasteiger partial charge in [-0.05, 0) is 24.6 Å². The summed E-state index contributed by atoms with van der Waals surface area (Å²) in [5, 5.41) is 6.59. The van der Waals surface area contributed by atoms with Crippen molar-refractivity contribution in [2.45, 2.75) is 26.4 Å². The summed E-state index contributed by atoms with van der Waals surface area (Å²) in [6.07, 6.45) is -0.279. The van der Waals surface area contributed by atoms with E-state index in [2.05, 4.69) is 10.5 Å². The topological polar surface area (TPSA) is 77.0 Å². The maximum atomic E-state index is 11.5. The minimum absolute atomic E-state index is 0.123. The first-order chi connectivity index (χ1) is 9.60. The van der Waals surface area contributed by atoms with Crippen LogP contribution in [0.15, 0.2) is 29.4 Å². The number of nitrogens with zero attached hydrogens (tertiary/aromatic N) is 1. The molecule has 1 unspecified atom stereocenters. The largest absolute Gasteiger partial charge is 0.463 e. The third-order valence-corrected chi connectivity index (χ3v) is 2.76.